The Labute approximate surface area is 113 Å². The van der Waals surface area contributed by atoms with E-state index in [4.69, 9.17) is 5.73 Å². The Bertz CT molecular complexity index is 433. The summed E-state index contributed by atoms with van der Waals surface area (Å²) in [7, 11) is 0. The number of hydrogen-bond acceptors (Lipinski definition) is 2. The van der Waals surface area contributed by atoms with Crippen molar-refractivity contribution in [3.8, 4) is 0 Å². The number of halogens is 1. The summed E-state index contributed by atoms with van der Waals surface area (Å²) < 4.78 is 13.3. The van der Waals surface area contributed by atoms with Crippen molar-refractivity contribution in [1.82, 2.24) is 4.90 Å². The zero-order valence-corrected chi connectivity index (χ0v) is 11.4. The van der Waals surface area contributed by atoms with Crippen LogP contribution in [0.3, 0.4) is 0 Å². The summed E-state index contributed by atoms with van der Waals surface area (Å²) >= 11 is 0. The van der Waals surface area contributed by atoms with Crippen molar-refractivity contribution in [3.05, 3.63) is 29.6 Å². The van der Waals surface area contributed by atoms with Crippen LogP contribution in [0.4, 0.5) is 10.1 Å². The zero-order valence-electron chi connectivity index (χ0n) is 11.4. The van der Waals surface area contributed by atoms with Crippen LogP contribution >= 0.6 is 0 Å². The van der Waals surface area contributed by atoms with Gasteiger partial charge in [0.05, 0.1) is 0 Å². The Morgan fingerprint density at radius 2 is 2.05 bits per heavy atom. The topological polar surface area (TPSA) is 46.3 Å². The van der Waals surface area contributed by atoms with Crippen molar-refractivity contribution in [1.29, 1.82) is 0 Å². The normalized spacial score (nSPS) is 16.6. The van der Waals surface area contributed by atoms with Crippen molar-refractivity contribution in [2.75, 3.05) is 18.8 Å². The van der Waals surface area contributed by atoms with E-state index in [1.54, 1.807) is 11.0 Å². The summed E-state index contributed by atoms with van der Waals surface area (Å²) in [4.78, 5) is 14.1. The Hall–Kier alpha value is -1.58. The van der Waals surface area contributed by atoms with Gasteiger partial charge in [-0.25, -0.2) is 4.39 Å². The van der Waals surface area contributed by atoms with Gasteiger partial charge in [-0.1, -0.05) is 19.8 Å². The van der Waals surface area contributed by atoms with Crippen molar-refractivity contribution in [2.45, 2.75) is 32.6 Å². The molecule has 3 nitrogen and oxygen atoms in total. The van der Waals surface area contributed by atoms with E-state index in [2.05, 4.69) is 6.92 Å². The number of nitrogens with zero attached hydrogens (tertiary/aromatic N) is 1. The number of carbonyl (C=O) groups excluding carboxylic acids is 1. The van der Waals surface area contributed by atoms with Gasteiger partial charge in [0.15, 0.2) is 0 Å². The lowest BCUT2D eigenvalue weighted by molar-refractivity contribution is 0.0686. The molecule has 0 aliphatic carbocycles. The Morgan fingerprint density at radius 1 is 1.37 bits per heavy atom. The number of piperidine rings is 1. The molecule has 104 valence electrons. The fourth-order valence-corrected chi connectivity index (χ4v) is 2.75. The molecule has 2 N–H and O–H groups in total. The SMILES string of the molecule is CCCC1CCN(C(=O)c2cc(N)cc(F)c2)CC1. The summed E-state index contributed by atoms with van der Waals surface area (Å²) in [6.07, 6.45) is 4.52. The molecule has 2 rings (SSSR count). The van der Waals surface area contributed by atoms with E-state index in [1.165, 1.54) is 25.0 Å². The highest BCUT2D eigenvalue weighted by Gasteiger charge is 2.23. The standard InChI is InChI=1S/C15H21FN2O/c1-2-3-11-4-6-18(7-5-11)15(19)12-8-13(16)10-14(17)9-12/h8-11H,2-7,17H2,1H3. The van der Waals surface area contributed by atoms with Gasteiger partial charge in [-0.2, -0.15) is 0 Å². The number of anilines is 1. The van der Waals surface area contributed by atoms with Gasteiger partial charge in [-0.05, 0) is 37.0 Å². The summed E-state index contributed by atoms with van der Waals surface area (Å²) in [5.74, 6) is 0.164. The first-order valence-corrected chi connectivity index (χ1v) is 6.95. The maximum atomic E-state index is 13.3. The first-order valence-electron chi connectivity index (χ1n) is 6.95. The van der Waals surface area contributed by atoms with Crippen LogP contribution in [-0.2, 0) is 0 Å². The van der Waals surface area contributed by atoms with Crippen molar-refractivity contribution >= 4 is 11.6 Å². The maximum absolute atomic E-state index is 13.3. The maximum Gasteiger partial charge on any atom is 0.254 e. The molecule has 1 heterocycles. The molecular formula is C15H21FN2O. The number of benzene rings is 1. The minimum absolute atomic E-state index is 0.110. The van der Waals surface area contributed by atoms with Crippen molar-refractivity contribution < 1.29 is 9.18 Å². The number of likely N-dealkylation sites (tertiary alicyclic amines) is 1. The summed E-state index contributed by atoms with van der Waals surface area (Å²) in [6, 6.07) is 4.03. The third kappa shape index (κ3) is 3.46. The number of carbonyl (C=O) groups is 1. The van der Waals surface area contributed by atoms with E-state index in [0.29, 0.717) is 11.3 Å². The molecule has 0 saturated carbocycles. The lowest BCUT2D eigenvalue weighted by atomic mass is 9.92. The van der Waals surface area contributed by atoms with E-state index in [1.807, 2.05) is 0 Å². The number of amides is 1. The lowest BCUT2D eigenvalue weighted by Crippen LogP contribution is -2.38. The average Bonchev–Trinajstić information content (AvgIpc) is 2.38. The van der Waals surface area contributed by atoms with Crippen LogP contribution in [0.25, 0.3) is 0 Å². The fourth-order valence-electron chi connectivity index (χ4n) is 2.75. The van der Waals surface area contributed by atoms with Gasteiger partial charge in [0.2, 0.25) is 0 Å². The molecule has 0 bridgehead atoms. The Kier molecular flexibility index (Phi) is 4.40. The molecule has 1 aliphatic heterocycles. The predicted molar refractivity (Wildman–Crippen MR) is 74.3 cm³/mol. The smallest absolute Gasteiger partial charge is 0.254 e. The number of hydrogen-bond donors (Lipinski definition) is 1. The van der Waals surface area contributed by atoms with Crippen LogP contribution in [0.2, 0.25) is 0 Å². The molecule has 0 unspecified atom stereocenters. The molecule has 19 heavy (non-hydrogen) atoms. The number of nitrogen functional groups attached to an aromatic ring is 1. The van der Waals surface area contributed by atoms with E-state index in [9.17, 15) is 9.18 Å². The van der Waals surface area contributed by atoms with Crippen LogP contribution < -0.4 is 5.73 Å². The third-order valence-corrected chi connectivity index (χ3v) is 3.77. The highest BCUT2D eigenvalue weighted by atomic mass is 19.1. The molecular weight excluding hydrogens is 243 g/mol. The summed E-state index contributed by atoms with van der Waals surface area (Å²) in [5.41, 5.74) is 6.23. The van der Waals surface area contributed by atoms with Gasteiger partial charge < -0.3 is 10.6 Å². The first kappa shape index (κ1) is 13.8. The lowest BCUT2D eigenvalue weighted by Gasteiger charge is -2.32. The van der Waals surface area contributed by atoms with E-state index in [0.717, 1.165) is 31.8 Å². The second-order valence-electron chi connectivity index (χ2n) is 5.30. The minimum Gasteiger partial charge on any atom is -0.399 e. The van der Waals surface area contributed by atoms with Crippen LogP contribution in [0.5, 0.6) is 0 Å². The first-order chi connectivity index (χ1) is 9.10. The molecule has 1 aromatic rings. The second-order valence-corrected chi connectivity index (χ2v) is 5.30. The Balaban J connectivity index is 2.01. The van der Waals surface area contributed by atoms with Crippen LogP contribution in [0.15, 0.2) is 18.2 Å². The molecule has 0 radical (unpaired) electrons. The molecule has 1 aromatic carbocycles. The van der Waals surface area contributed by atoms with Crippen LogP contribution in [0.1, 0.15) is 43.0 Å². The van der Waals surface area contributed by atoms with Gasteiger partial charge in [-0.3, -0.25) is 4.79 Å². The fraction of sp³-hybridized carbons (Fsp3) is 0.533. The quantitative estimate of drug-likeness (QED) is 0.853. The van der Waals surface area contributed by atoms with E-state index in [-0.39, 0.29) is 5.91 Å². The molecule has 1 saturated heterocycles. The predicted octanol–water partition coefficient (Wildman–Crippen LogP) is 3.06. The molecule has 1 amide bonds. The summed E-state index contributed by atoms with van der Waals surface area (Å²) in [5, 5.41) is 0. The molecule has 1 aliphatic rings. The highest BCUT2D eigenvalue weighted by molar-refractivity contribution is 5.95. The van der Waals surface area contributed by atoms with Gasteiger partial charge in [-0.15, -0.1) is 0 Å². The molecule has 4 heteroatoms. The van der Waals surface area contributed by atoms with E-state index < -0.39 is 5.82 Å². The van der Waals surface area contributed by atoms with Crippen LogP contribution in [-0.4, -0.2) is 23.9 Å². The minimum atomic E-state index is -0.454. The van der Waals surface area contributed by atoms with Crippen molar-refractivity contribution in [3.63, 3.8) is 0 Å². The summed E-state index contributed by atoms with van der Waals surface area (Å²) in [6.45, 7) is 3.72. The molecule has 0 atom stereocenters. The zero-order chi connectivity index (χ0) is 13.8. The van der Waals surface area contributed by atoms with Gasteiger partial charge in [0.1, 0.15) is 5.82 Å². The second kappa shape index (κ2) is 6.04. The Morgan fingerprint density at radius 3 is 2.63 bits per heavy atom. The van der Waals surface area contributed by atoms with E-state index >= 15 is 0 Å². The van der Waals surface area contributed by atoms with Crippen molar-refractivity contribution in [2.24, 2.45) is 5.92 Å². The third-order valence-electron chi connectivity index (χ3n) is 3.77. The number of nitrogens with two attached hydrogens (primary N) is 1. The molecule has 0 aromatic heterocycles. The van der Waals surface area contributed by atoms with Crippen LogP contribution in [0, 0.1) is 11.7 Å². The monoisotopic (exact) mass is 264 g/mol. The molecule has 0 spiro atoms. The molecule has 1 fully saturated rings. The highest BCUT2D eigenvalue weighted by Crippen LogP contribution is 2.23. The number of rotatable bonds is 3. The average molecular weight is 264 g/mol. The van der Waals surface area contributed by atoms with Gasteiger partial charge in [0, 0.05) is 24.3 Å². The largest absolute Gasteiger partial charge is 0.399 e. The van der Waals surface area contributed by atoms with Gasteiger partial charge in [0.25, 0.3) is 5.91 Å². The van der Waals surface area contributed by atoms with Gasteiger partial charge >= 0.3 is 0 Å².